The first-order chi connectivity index (χ1) is 13.1. The molecule has 0 atom stereocenters. The van der Waals surface area contributed by atoms with Gasteiger partial charge in [-0.1, -0.05) is 51.4 Å². The standard InChI is InChI=1S/C19H16BrClN4OS/c1-2-10-25-18(13-6-8-15(21)9-7-13)23-24-19(25)27-12-17(26)22-16-5-3-4-14(20)11-16/h2-9,11H,1,10,12H2,(H,22,26). The molecule has 0 aliphatic heterocycles. The summed E-state index contributed by atoms with van der Waals surface area (Å²) in [6.45, 7) is 4.34. The highest BCUT2D eigenvalue weighted by Crippen LogP contribution is 2.25. The average molecular weight is 464 g/mol. The topological polar surface area (TPSA) is 59.8 Å². The van der Waals surface area contributed by atoms with Crippen molar-refractivity contribution >= 4 is 50.9 Å². The molecule has 3 aromatic rings. The maximum absolute atomic E-state index is 12.2. The number of halogens is 2. The lowest BCUT2D eigenvalue weighted by Gasteiger charge is -2.08. The number of anilines is 1. The Hall–Kier alpha value is -2.09. The molecular weight excluding hydrogens is 448 g/mol. The molecule has 3 rings (SSSR count). The summed E-state index contributed by atoms with van der Waals surface area (Å²) in [5, 5.41) is 12.7. The van der Waals surface area contributed by atoms with Gasteiger partial charge in [-0.15, -0.1) is 16.8 Å². The molecule has 2 aromatic carbocycles. The monoisotopic (exact) mass is 462 g/mol. The third kappa shape index (κ3) is 5.22. The number of amides is 1. The van der Waals surface area contributed by atoms with E-state index in [1.807, 2.05) is 53.1 Å². The molecule has 0 aliphatic rings. The number of nitrogens with one attached hydrogen (secondary N) is 1. The van der Waals surface area contributed by atoms with Crippen molar-refractivity contribution in [2.45, 2.75) is 11.7 Å². The number of aromatic nitrogens is 3. The minimum absolute atomic E-state index is 0.112. The first kappa shape index (κ1) is 19.7. The number of carbonyl (C=O) groups is 1. The van der Waals surface area contributed by atoms with Gasteiger partial charge in [0, 0.05) is 27.3 Å². The molecule has 0 spiro atoms. The van der Waals surface area contributed by atoms with E-state index in [2.05, 4.69) is 38.0 Å². The molecule has 0 bridgehead atoms. The number of hydrogen-bond donors (Lipinski definition) is 1. The van der Waals surface area contributed by atoms with Crippen molar-refractivity contribution in [2.24, 2.45) is 0 Å². The fourth-order valence-corrected chi connectivity index (χ4v) is 3.67. The van der Waals surface area contributed by atoms with E-state index >= 15 is 0 Å². The van der Waals surface area contributed by atoms with Crippen LogP contribution in [-0.4, -0.2) is 26.4 Å². The summed E-state index contributed by atoms with van der Waals surface area (Å²) in [5.74, 6) is 0.823. The quantitative estimate of drug-likeness (QED) is 0.383. The molecule has 1 amide bonds. The third-order valence-corrected chi connectivity index (χ3v) is 5.28. The molecule has 1 aromatic heterocycles. The number of allylic oxidation sites excluding steroid dienone is 1. The summed E-state index contributed by atoms with van der Waals surface area (Å²) >= 11 is 10.7. The van der Waals surface area contributed by atoms with Crippen LogP contribution < -0.4 is 5.32 Å². The van der Waals surface area contributed by atoms with Gasteiger partial charge in [-0.25, -0.2) is 0 Å². The Balaban J connectivity index is 1.72. The van der Waals surface area contributed by atoms with Crippen molar-refractivity contribution in [1.82, 2.24) is 14.8 Å². The lowest BCUT2D eigenvalue weighted by Crippen LogP contribution is -2.14. The summed E-state index contributed by atoms with van der Waals surface area (Å²) in [7, 11) is 0. The van der Waals surface area contributed by atoms with Gasteiger partial charge in [0.05, 0.1) is 5.75 Å². The number of benzene rings is 2. The van der Waals surface area contributed by atoms with Crippen molar-refractivity contribution in [3.63, 3.8) is 0 Å². The fraction of sp³-hybridized carbons (Fsp3) is 0.105. The van der Waals surface area contributed by atoms with E-state index in [9.17, 15) is 4.79 Å². The van der Waals surface area contributed by atoms with E-state index in [1.54, 1.807) is 6.08 Å². The third-order valence-electron chi connectivity index (χ3n) is 3.57. The maximum atomic E-state index is 12.2. The molecule has 0 fully saturated rings. The molecule has 138 valence electrons. The van der Waals surface area contributed by atoms with E-state index in [1.165, 1.54) is 11.8 Å². The van der Waals surface area contributed by atoms with Crippen LogP contribution in [0.1, 0.15) is 0 Å². The van der Waals surface area contributed by atoms with E-state index in [-0.39, 0.29) is 11.7 Å². The zero-order chi connectivity index (χ0) is 19.2. The van der Waals surface area contributed by atoms with E-state index in [0.29, 0.717) is 22.5 Å². The molecule has 27 heavy (non-hydrogen) atoms. The molecule has 5 nitrogen and oxygen atoms in total. The predicted molar refractivity (Wildman–Crippen MR) is 114 cm³/mol. The zero-order valence-corrected chi connectivity index (χ0v) is 17.4. The van der Waals surface area contributed by atoms with Crippen LogP contribution in [0.5, 0.6) is 0 Å². The summed E-state index contributed by atoms with van der Waals surface area (Å²) in [6.07, 6.45) is 1.77. The second-order valence-corrected chi connectivity index (χ2v) is 7.85. The number of thioether (sulfide) groups is 1. The second kappa shape index (κ2) is 9.21. The number of rotatable bonds is 7. The van der Waals surface area contributed by atoms with Gasteiger partial charge in [0.25, 0.3) is 0 Å². The molecule has 1 N–H and O–H groups in total. The lowest BCUT2D eigenvalue weighted by atomic mass is 10.2. The van der Waals surface area contributed by atoms with Crippen molar-refractivity contribution < 1.29 is 4.79 Å². The van der Waals surface area contributed by atoms with Crippen molar-refractivity contribution in [3.05, 3.63) is 70.7 Å². The van der Waals surface area contributed by atoms with E-state index in [0.717, 1.165) is 15.7 Å². The van der Waals surface area contributed by atoms with Crippen molar-refractivity contribution in [1.29, 1.82) is 0 Å². The minimum Gasteiger partial charge on any atom is -0.325 e. The van der Waals surface area contributed by atoms with E-state index in [4.69, 9.17) is 11.6 Å². The van der Waals surface area contributed by atoms with Crippen LogP contribution >= 0.6 is 39.3 Å². The SMILES string of the molecule is C=CCn1c(SCC(=O)Nc2cccc(Br)c2)nnc1-c1ccc(Cl)cc1. The van der Waals surface area contributed by atoms with Gasteiger partial charge in [-0.2, -0.15) is 0 Å². The van der Waals surface area contributed by atoms with Crippen LogP contribution in [0.2, 0.25) is 5.02 Å². The first-order valence-electron chi connectivity index (χ1n) is 8.05. The highest BCUT2D eigenvalue weighted by Gasteiger charge is 2.15. The molecule has 0 saturated carbocycles. The Morgan fingerprint density at radius 3 is 2.74 bits per heavy atom. The second-order valence-electron chi connectivity index (χ2n) is 5.56. The Morgan fingerprint density at radius 1 is 1.26 bits per heavy atom. The Kier molecular flexibility index (Phi) is 6.71. The van der Waals surface area contributed by atoms with Crippen molar-refractivity contribution in [3.8, 4) is 11.4 Å². The fourth-order valence-electron chi connectivity index (χ4n) is 2.40. The van der Waals surface area contributed by atoms with Gasteiger partial charge in [0.15, 0.2) is 11.0 Å². The van der Waals surface area contributed by atoms with Crippen molar-refractivity contribution in [2.75, 3.05) is 11.1 Å². The number of nitrogens with zero attached hydrogens (tertiary/aromatic N) is 3. The molecule has 1 heterocycles. The largest absolute Gasteiger partial charge is 0.325 e. The van der Waals surface area contributed by atoms with Crippen LogP contribution in [0.25, 0.3) is 11.4 Å². The molecule has 8 heteroatoms. The number of carbonyl (C=O) groups excluding carboxylic acids is 1. The van der Waals surface area contributed by atoms with Gasteiger partial charge in [0.1, 0.15) is 0 Å². The Bertz CT molecular complexity index is 959. The zero-order valence-electron chi connectivity index (χ0n) is 14.2. The summed E-state index contributed by atoms with van der Waals surface area (Å²) in [4.78, 5) is 12.2. The Morgan fingerprint density at radius 2 is 2.04 bits per heavy atom. The number of hydrogen-bond acceptors (Lipinski definition) is 4. The average Bonchev–Trinajstić information content (AvgIpc) is 3.04. The highest BCUT2D eigenvalue weighted by molar-refractivity contribution is 9.10. The van der Waals surface area contributed by atoms with Crippen LogP contribution in [0.15, 0.2) is 70.8 Å². The van der Waals surface area contributed by atoms with Gasteiger partial charge in [-0.3, -0.25) is 9.36 Å². The lowest BCUT2D eigenvalue weighted by molar-refractivity contribution is -0.113. The van der Waals surface area contributed by atoms with Gasteiger partial charge < -0.3 is 5.32 Å². The van der Waals surface area contributed by atoms with Crippen LogP contribution in [0.4, 0.5) is 5.69 Å². The molecule has 0 aliphatic carbocycles. The maximum Gasteiger partial charge on any atom is 0.234 e. The molecule has 0 radical (unpaired) electrons. The molecular formula is C19H16BrClN4OS. The van der Waals surface area contributed by atoms with Gasteiger partial charge >= 0.3 is 0 Å². The van der Waals surface area contributed by atoms with Crippen LogP contribution in [-0.2, 0) is 11.3 Å². The normalized spacial score (nSPS) is 10.6. The van der Waals surface area contributed by atoms with Crippen LogP contribution in [0.3, 0.4) is 0 Å². The predicted octanol–water partition coefficient (Wildman–Crippen LogP) is 5.28. The highest BCUT2D eigenvalue weighted by atomic mass is 79.9. The smallest absolute Gasteiger partial charge is 0.234 e. The summed E-state index contributed by atoms with van der Waals surface area (Å²) in [6, 6.07) is 14.9. The summed E-state index contributed by atoms with van der Waals surface area (Å²) < 4.78 is 2.83. The van der Waals surface area contributed by atoms with Crippen LogP contribution in [0, 0.1) is 0 Å². The minimum atomic E-state index is -0.112. The Labute approximate surface area is 175 Å². The van der Waals surface area contributed by atoms with Gasteiger partial charge in [0.2, 0.25) is 5.91 Å². The van der Waals surface area contributed by atoms with E-state index < -0.39 is 0 Å². The molecule has 0 saturated heterocycles. The summed E-state index contributed by atoms with van der Waals surface area (Å²) in [5.41, 5.74) is 1.64. The molecule has 0 unspecified atom stereocenters. The van der Waals surface area contributed by atoms with Gasteiger partial charge in [-0.05, 0) is 42.5 Å². The first-order valence-corrected chi connectivity index (χ1v) is 10.2.